The first kappa shape index (κ1) is 22.0. The average Bonchev–Trinajstić information content (AvgIpc) is 3.36. The molecule has 0 aliphatic carbocycles. The van der Waals surface area contributed by atoms with Crippen LogP contribution in [0.2, 0.25) is 0 Å². The number of nitro benzene ring substituents is 1. The quantitative estimate of drug-likeness (QED) is 0.355. The number of thioether (sulfide) groups is 1. The first-order valence-electron chi connectivity index (χ1n) is 9.16. The maximum absolute atomic E-state index is 12.3. The number of aromatic nitrogens is 1. The van der Waals surface area contributed by atoms with E-state index in [-0.39, 0.29) is 34.4 Å². The van der Waals surface area contributed by atoms with E-state index in [1.807, 2.05) is 0 Å². The van der Waals surface area contributed by atoms with E-state index in [9.17, 15) is 24.5 Å². The van der Waals surface area contributed by atoms with Crippen LogP contribution in [0.15, 0.2) is 23.2 Å². The Morgan fingerprint density at radius 3 is 2.67 bits per heavy atom. The summed E-state index contributed by atoms with van der Waals surface area (Å²) in [6.07, 6.45) is 2.02. The molecule has 1 aliphatic heterocycles. The van der Waals surface area contributed by atoms with Crippen molar-refractivity contribution < 1.29 is 24.0 Å². The Morgan fingerprint density at radius 2 is 2.00 bits per heavy atom. The van der Waals surface area contributed by atoms with Crippen molar-refractivity contribution in [3.63, 3.8) is 0 Å². The number of fused-ring (bicyclic) bond motifs is 1. The van der Waals surface area contributed by atoms with E-state index in [1.54, 1.807) is 4.90 Å². The van der Waals surface area contributed by atoms with E-state index in [4.69, 9.17) is 4.74 Å². The van der Waals surface area contributed by atoms with Crippen molar-refractivity contribution >= 4 is 56.8 Å². The average molecular weight is 453 g/mol. The second-order valence-corrected chi connectivity index (χ2v) is 8.54. The molecule has 2 amide bonds. The zero-order valence-electron chi connectivity index (χ0n) is 16.2. The Hall–Kier alpha value is -2.73. The topological polar surface area (TPSA) is 124 Å². The molecule has 2 aromatic rings. The highest BCUT2D eigenvalue weighted by Crippen LogP contribution is 2.23. The molecule has 1 aromatic carbocycles. The zero-order valence-corrected chi connectivity index (χ0v) is 17.9. The monoisotopic (exact) mass is 452 g/mol. The number of hydrogen-bond acceptors (Lipinski definition) is 8. The van der Waals surface area contributed by atoms with Crippen LogP contribution in [0.5, 0.6) is 0 Å². The molecule has 0 radical (unpaired) electrons. The number of carbonyl (C=O) groups is 3. The summed E-state index contributed by atoms with van der Waals surface area (Å²) in [6.45, 7) is 1.35. The van der Waals surface area contributed by atoms with Crippen LogP contribution >= 0.6 is 23.1 Å². The van der Waals surface area contributed by atoms with Gasteiger partial charge in [0.25, 0.3) is 11.6 Å². The first-order chi connectivity index (χ1) is 14.4. The van der Waals surface area contributed by atoms with E-state index in [1.165, 1.54) is 41.6 Å². The number of ether oxygens (including phenoxy) is 1. The molecule has 160 valence electrons. The molecule has 2 heterocycles. The zero-order chi connectivity index (χ0) is 21.7. The molecule has 30 heavy (non-hydrogen) atoms. The molecular weight excluding hydrogens is 432 g/mol. The Morgan fingerprint density at radius 1 is 1.27 bits per heavy atom. The number of thiazole rings is 1. The smallest absolute Gasteiger partial charge is 0.325 e. The Labute approximate surface area is 179 Å². The molecular formula is C18H20N4O6S2. The van der Waals surface area contributed by atoms with Gasteiger partial charge < -0.3 is 14.2 Å². The molecule has 1 saturated heterocycles. The van der Waals surface area contributed by atoms with Crippen LogP contribution in [0.3, 0.4) is 0 Å². The summed E-state index contributed by atoms with van der Waals surface area (Å²) >= 11 is 2.27. The maximum atomic E-state index is 12.3. The predicted octanol–water partition coefficient (Wildman–Crippen LogP) is 1.57. The molecule has 1 aromatic heterocycles. The lowest BCUT2D eigenvalue weighted by atomic mass is 10.3. The number of benzene rings is 1. The van der Waals surface area contributed by atoms with E-state index in [2.05, 4.69) is 4.99 Å². The van der Waals surface area contributed by atoms with Crippen LogP contribution in [0, 0.1) is 10.1 Å². The van der Waals surface area contributed by atoms with Crippen molar-refractivity contribution in [1.29, 1.82) is 0 Å². The number of nitro groups is 1. The summed E-state index contributed by atoms with van der Waals surface area (Å²) < 4.78 is 6.72. The van der Waals surface area contributed by atoms with E-state index in [0.29, 0.717) is 10.2 Å². The van der Waals surface area contributed by atoms with Crippen molar-refractivity contribution in [3.8, 4) is 0 Å². The SMILES string of the molecule is COC(=O)Cn1c(=NC(=O)CSCC(=O)N2CCCC2)sc2cc([N+](=O)[O-])ccc21. The summed E-state index contributed by atoms with van der Waals surface area (Å²) in [7, 11) is 1.25. The minimum Gasteiger partial charge on any atom is -0.468 e. The van der Waals surface area contributed by atoms with Gasteiger partial charge in [-0.3, -0.25) is 24.5 Å². The van der Waals surface area contributed by atoms with E-state index in [0.717, 1.165) is 37.3 Å². The number of rotatable bonds is 7. The number of likely N-dealkylation sites (tertiary alicyclic amines) is 1. The highest BCUT2D eigenvalue weighted by molar-refractivity contribution is 8.00. The molecule has 12 heteroatoms. The maximum Gasteiger partial charge on any atom is 0.325 e. The van der Waals surface area contributed by atoms with E-state index < -0.39 is 16.8 Å². The number of non-ortho nitro benzene ring substituents is 1. The molecule has 0 atom stereocenters. The largest absolute Gasteiger partial charge is 0.468 e. The Bertz CT molecular complexity index is 1050. The van der Waals surface area contributed by atoms with Gasteiger partial charge in [-0.1, -0.05) is 11.3 Å². The van der Waals surface area contributed by atoms with Crippen LogP contribution < -0.4 is 4.80 Å². The lowest BCUT2D eigenvalue weighted by Crippen LogP contribution is -2.29. The molecule has 0 bridgehead atoms. The normalized spacial score (nSPS) is 14.3. The van der Waals surface area contributed by atoms with Crippen LogP contribution in [-0.2, 0) is 25.7 Å². The van der Waals surface area contributed by atoms with Crippen LogP contribution in [-0.4, -0.2) is 63.9 Å². The van der Waals surface area contributed by atoms with Crippen LogP contribution in [0.1, 0.15) is 12.8 Å². The van der Waals surface area contributed by atoms with Gasteiger partial charge in [0.15, 0.2) is 4.80 Å². The van der Waals surface area contributed by atoms with Gasteiger partial charge in [-0.2, -0.15) is 4.99 Å². The Kier molecular flexibility index (Phi) is 7.21. The standard InChI is InChI=1S/C18H20N4O6S2/c1-28-17(25)9-21-13-5-4-12(22(26)27)8-14(13)30-18(21)19-15(23)10-29-11-16(24)20-6-2-3-7-20/h4-5,8H,2-3,6-7,9-11H2,1H3. The second-order valence-electron chi connectivity index (χ2n) is 6.54. The van der Waals surface area contributed by atoms with Crippen molar-refractivity contribution in [2.45, 2.75) is 19.4 Å². The fourth-order valence-electron chi connectivity index (χ4n) is 3.03. The highest BCUT2D eigenvalue weighted by atomic mass is 32.2. The third kappa shape index (κ3) is 5.25. The summed E-state index contributed by atoms with van der Waals surface area (Å²) in [5.74, 6) is -0.740. The molecule has 0 saturated carbocycles. The number of hydrogen-bond donors (Lipinski definition) is 0. The minimum atomic E-state index is -0.535. The molecule has 1 aliphatic rings. The number of nitrogens with zero attached hydrogens (tertiary/aromatic N) is 4. The highest BCUT2D eigenvalue weighted by Gasteiger charge is 2.18. The number of carbonyl (C=O) groups excluding carboxylic acids is 3. The van der Waals surface area contributed by atoms with Gasteiger partial charge in [-0.05, 0) is 18.9 Å². The summed E-state index contributed by atoms with van der Waals surface area (Å²) in [4.78, 5) is 52.8. The van der Waals surface area contributed by atoms with Gasteiger partial charge in [0.2, 0.25) is 5.91 Å². The molecule has 0 unspecified atom stereocenters. The van der Waals surface area contributed by atoms with Gasteiger partial charge in [-0.15, -0.1) is 11.8 Å². The molecule has 10 nitrogen and oxygen atoms in total. The van der Waals surface area contributed by atoms with Gasteiger partial charge in [0.1, 0.15) is 6.54 Å². The fraction of sp³-hybridized carbons (Fsp3) is 0.444. The second kappa shape index (κ2) is 9.85. The van der Waals surface area contributed by atoms with Crippen molar-refractivity contribution in [2.75, 3.05) is 31.7 Å². The van der Waals surface area contributed by atoms with Gasteiger partial charge in [0, 0.05) is 25.2 Å². The van der Waals surface area contributed by atoms with Gasteiger partial charge >= 0.3 is 5.97 Å². The van der Waals surface area contributed by atoms with Gasteiger partial charge in [0.05, 0.1) is 33.8 Å². The Balaban J connectivity index is 1.79. The van der Waals surface area contributed by atoms with Gasteiger partial charge in [-0.25, -0.2) is 0 Å². The third-order valence-electron chi connectivity index (χ3n) is 4.52. The van der Waals surface area contributed by atoms with Crippen LogP contribution in [0.4, 0.5) is 5.69 Å². The number of methoxy groups -OCH3 is 1. The number of amides is 2. The van der Waals surface area contributed by atoms with Crippen LogP contribution in [0.25, 0.3) is 10.2 Å². The molecule has 0 N–H and O–H groups in total. The van der Waals surface area contributed by atoms with E-state index >= 15 is 0 Å². The molecule has 0 spiro atoms. The fourth-order valence-corrected chi connectivity index (χ4v) is 4.81. The lowest BCUT2D eigenvalue weighted by molar-refractivity contribution is -0.384. The molecule has 3 rings (SSSR count). The lowest BCUT2D eigenvalue weighted by Gasteiger charge is -2.14. The first-order valence-corrected chi connectivity index (χ1v) is 11.1. The summed E-state index contributed by atoms with van der Waals surface area (Å²) in [5, 5.41) is 11.0. The summed E-state index contributed by atoms with van der Waals surface area (Å²) in [5.41, 5.74) is 0.447. The number of esters is 1. The van der Waals surface area contributed by atoms with Crippen molar-refractivity contribution in [2.24, 2.45) is 4.99 Å². The van der Waals surface area contributed by atoms with Crippen molar-refractivity contribution in [3.05, 3.63) is 33.1 Å². The summed E-state index contributed by atoms with van der Waals surface area (Å²) in [6, 6.07) is 4.22. The van der Waals surface area contributed by atoms with Crippen molar-refractivity contribution in [1.82, 2.24) is 9.47 Å². The predicted molar refractivity (Wildman–Crippen MR) is 112 cm³/mol. The third-order valence-corrected chi connectivity index (χ3v) is 6.47. The molecule has 1 fully saturated rings. The minimum absolute atomic E-state index is 0.0141.